The minimum Gasteiger partial charge on any atom is -0.444 e. The number of hydrogen-bond donors (Lipinski definition) is 2. The number of ether oxygens (including phenoxy) is 1. The van der Waals surface area contributed by atoms with Crippen molar-refractivity contribution in [2.24, 2.45) is 0 Å². The molecule has 0 aromatic heterocycles. The summed E-state index contributed by atoms with van der Waals surface area (Å²) in [6.45, 7) is 8.54. The molecule has 98 valence electrons. The fraction of sp³-hybridized carbons (Fsp3) is 0.818. The zero-order valence-electron chi connectivity index (χ0n) is 10.9. The summed E-state index contributed by atoms with van der Waals surface area (Å²) >= 11 is 0. The average Bonchev–Trinajstić information content (AvgIpc) is 2.58. The van der Waals surface area contributed by atoms with Crippen molar-refractivity contribution in [3.63, 3.8) is 0 Å². The van der Waals surface area contributed by atoms with Crippen LogP contribution in [0, 0.1) is 0 Å². The molecular formula is C11H21N3O3. The molecule has 6 nitrogen and oxygen atoms in total. The summed E-state index contributed by atoms with van der Waals surface area (Å²) in [4.78, 5) is 24.7. The summed E-state index contributed by atoms with van der Waals surface area (Å²) in [5.41, 5.74) is -0.532. The highest BCUT2D eigenvalue weighted by Gasteiger charge is 2.28. The lowest BCUT2D eigenvalue weighted by molar-refractivity contribution is 0.0452. The van der Waals surface area contributed by atoms with Crippen molar-refractivity contribution in [2.75, 3.05) is 13.1 Å². The molecule has 3 amide bonds. The van der Waals surface area contributed by atoms with Gasteiger partial charge in [0.15, 0.2) is 0 Å². The number of urea groups is 1. The molecular weight excluding hydrogens is 222 g/mol. The Morgan fingerprint density at radius 2 is 2.24 bits per heavy atom. The third kappa shape index (κ3) is 4.13. The maximum atomic E-state index is 11.6. The summed E-state index contributed by atoms with van der Waals surface area (Å²) in [7, 11) is 0. The molecule has 0 saturated carbocycles. The van der Waals surface area contributed by atoms with E-state index in [1.165, 1.54) is 0 Å². The summed E-state index contributed by atoms with van der Waals surface area (Å²) in [6, 6.07) is -0.145. The van der Waals surface area contributed by atoms with Crippen LogP contribution in [0.2, 0.25) is 0 Å². The van der Waals surface area contributed by atoms with Crippen LogP contribution in [0.15, 0.2) is 0 Å². The van der Waals surface area contributed by atoms with Crippen LogP contribution in [0.1, 0.15) is 34.1 Å². The topological polar surface area (TPSA) is 70.7 Å². The van der Waals surface area contributed by atoms with E-state index in [1.54, 1.807) is 25.7 Å². The predicted molar refractivity (Wildman–Crippen MR) is 63.6 cm³/mol. The molecule has 1 fully saturated rings. The number of carbonyl (C=O) groups is 2. The summed E-state index contributed by atoms with van der Waals surface area (Å²) in [5, 5.41) is 5.40. The van der Waals surface area contributed by atoms with E-state index in [0.717, 1.165) is 0 Å². The summed E-state index contributed by atoms with van der Waals surface area (Å²) < 4.78 is 5.16. The van der Waals surface area contributed by atoms with Gasteiger partial charge in [0.25, 0.3) is 0 Å². The van der Waals surface area contributed by atoms with Gasteiger partial charge in [0, 0.05) is 13.1 Å². The molecule has 0 aromatic rings. The first-order valence-corrected chi connectivity index (χ1v) is 5.87. The van der Waals surface area contributed by atoms with Crippen LogP contribution in [0.25, 0.3) is 0 Å². The first-order chi connectivity index (χ1) is 7.83. The van der Waals surface area contributed by atoms with E-state index in [1.807, 2.05) is 6.92 Å². The van der Waals surface area contributed by atoms with Gasteiger partial charge < -0.3 is 20.3 Å². The first-order valence-electron chi connectivity index (χ1n) is 5.87. The predicted octanol–water partition coefficient (Wildman–Crippen LogP) is 1.27. The van der Waals surface area contributed by atoms with Crippen molar-refractivity contribution in [1.82, 2.24) is 15.5 Å². The van der Waals surface area contributed by atoms with E-state index in [-0.39, 0.29) is 12.2 Å². The Balaban J connectivity index is 2.52. The Bertz CT molecular complexity index is 299. The fourth-order valence-corrected chi connectivity index (χ4v) is 1.63. The van der Waals surface area contributed by atoms with Gasteiger partial charge in [-0.1, -0.05) is 6.92 Å². The number of amides is 3. The highest BCUT2D eigenvalue weighted by atomic mass is 16.6. The number of hydrogen-bond acceptors (Lipinski definition) is 3. The van der Waals surface area contributed by atoms with E-state index in [2.05, 4.69) is 10.6 Å². The van der Waals surface area contributed by atoms with E-state index in [0.29, 0.717) is 19.5 Å². The van der Waals surface area contributed by atoms with Crippen molar-refractivity contribution in [2.45, 2.75) is 45.9 Å². The smallest absolute Gasteiger partial charge is 0.409 e. The van der Waals surface area contributed by atoms with Gasteiger partial charge >= 0.3 is 12.1 Å². The van der Waals surface area contributed by atoms with Gasteiger partial charge in [-0.25, -0.2) is 9.59 Å². The molecule has 6 heteroatoms. The zero-order chi connectivity index (χ0) is 13.1. The molecule has 1 rings (SSSR count). The maximum Gasteiger partial charge on any atom is 0.409 e. The van der Waals surface area contributed by atoms with Crippen LogP contribution in [0.5, 0.6) is 0 Å². The second-order valence-corrected chi connectivity index (χ2v) is 5.00. The van der Waals surface area contributed by atoms with E-state index >= 15 is 0 Å². The van der Waals surface area contributed by atoms with Crippen LogP contribution in [-0.4, -0.2) is 41.9 Å². The summed E-state index contributed by atoms with van der Waals surface area (Å²) in [5.74, 6) is 0. The van der Waals surface area contributed by atoms with Gasteiger partial charge in [-0.2, -0.15) is 0 Å². The van der Waals surface area contributed by atoms with Crippen molar-refractivity contribution in [1.29, 1.82) is 0 Å². The normalized spacial score (nSPS) is 17.6. The Morgan fingerprint density at radius 1 is 1.59 bits per heavy atom. The van der Waals surface area contributed by atoms with Crippen molar-refractivity contribution < 1.29 is 14.3 Å². The lowest BCUT2D eigenvalue weighted by Crippen LogP contribution is -2.50. The number of alkyl carbamates (subject to hydrolysis) is 1. The molecule has 17 heavy (non-hydrogen) atoms. The van der Waals surface area contributed by atoms with Crippen LogP contribution < -0.4 is 10.6 Å². The van der Waals surface area contributed by atoms with E-state index in [4.69, 9.17) is 4.74 Å². The second-order valence-electron chi connectivity index (χ2n) is 5.00. The number of nitrogens with one attached hydrogen (secondary N) is 2. The Labute approximate surface area is 102 Å². The van der Waals surface area contributed by atoms with Crippen LogP contribution in [0.4, 0.5) is 9.59 Å². The molecule has 1 heterocycles. The molecule has 1 unspecified atom stereocenters. The minimum atomic E-state index is -0.532. The second kappa shape index (κ2) is 5.25. The lowest BCUT2D eigenvalue weighted by Gasteiger charge is -2.28. The van der Waals surface area contributed by atoms with Gasteiger partial charge in [0.1, 0.15) is 11.8 Å². The third-order valence-electron chi connectivity index (χ3n) is 2.34. The Morgan fingerprint density at radius 3 is 2.65 bits per heavy atom. The van der Waals surface area contributed by atoms with Gasteiger partial charge in [-0.05, 0) is 27.2 Å². The van der Waals surface area contributed by atoms with E-state index < -0.39 is 11.7 Å². The summed E-state index contributed by atoms with van der Waals surface area (Å²) in [6.07, 6.45) is -0.163. The molecule has 1 aliphatic heterocycles. The van der Waals surface area contributed by atoms with Crippen molar-refractivity contribution in [3.05, 3.63) is 0 Å². The van der Waals surface area contributed by atoms with Gasteiger partial charge in [-0.3, -0.25) is 0 Å². The number of rotatable bonds is 3. The van der Waals surface area contributed by atoms with Crippen LogP contribution >= 0.6 is 0 Å². The zero-order valence-corrected chi connectivity index (χ0v) is 10.9. The average molecular weight is 243 g/mol. The molecule has 2 N–H and O–H groups in total. The highest BCUT2D eigenvalue weighted by Crippen LogP contribution is 2.09. The van der Waals surface area contributed by atoms with Gasteiger partial charge in [0.05, 0.1) is 0 Å². The Hall–Kier alpha value is -1.46. The molecule has 0 bridgehead atoms. The van der Waals surface area contributed by atoms with Gasteiger partial charge in [0.2, 0.25) is 0 Å². The van der Waals surface area contributed by atoms with E-state index in [9.17, 15) is 9.59 Å². The SMILES string of the molecule is CCC(NC(=O)OC(C)(C)C)N1CCNC1=O. The quantitative estimate of drug-likeness (QED) is 0.784. The Kier molecular flexibility index (Phi) is 4.20. The molecule has 0 radical (unpaired) electrons. The molecule has 1 saturated heterocycles. The standard InChI is InChI=1S/C11H21N3O3/c1-5-8(14-7-6-12-9(14)15)13-10(16)17-11(2,3)4/h8H,5-7H2,1-4H3,(H,12,15)(H,13,16). The minimum absolute atomic E-state index is 0.145. The largest absolute Gasteiger partial charge is 0.444 e. The highest BCUT2D eigenvalue weighted by molar-refractivity contribution is 5.77. The number of nitrogens with zero attached hydrogens (tertiary/aromatic N) is 1. The van der Waals surface area contributed by atoms with Crippen LogP contribution in [0.3, 0.4) is 0 Å². The molecule has 1 atom stereocenters. The lowest BCUT2D eigenvalue weighted by atomic mass is 10.2. The third-order valence-corrected chi connectivity index (χ3v) is 2.34. The molecule has 1 aliphatic rings. The van der Waals surface area contributed by atoms with Crippen molar-refractivity contribution in [3.8, 4) is 0 Å². The molecule has 0 spiro atoms. The molecule has 0 aromatic carbocycles. The van der Waals surface area contributed by atoms with Crippen LogP contribution in [-0.2, 0) is 4.74 Å². The van der Waals surface area contributed by atoms with Crippen molar-refractivity contribution >= 4 is 12.1 Å². The first kappa shape index (κ1) is 13.6. The monoisotopic (exact) mass is 243 g/mol. The maximum absolute atomic E-state index is 11.6. The van der Waals surface area contributed by atoms with Gasteiger partial charge in [-0.15, -0.1) is 0 Å². The fourth-order valence-electron chi connectivity index (χ4n) is 1.63. The molecule has 0 aliphatic carbocycles. The number of carbonyl (C=O) groups excluding carboxylic acids is 2.